The van der Waals surface area contributed by atoms with E-state index in [-0.39, 0.29) is 11.9 Å². The van der Waals surface area contributed by atoms with Crippen LogP contribution in [0.5, 0.6) is 0 Å². The van der Waals surface area contributed by atoms with Gasteiger partial charge in [0.25, 0.3) is 5.91 Å². The van der Waals surface area contributed by atoms with Crippen LogP contribution >= 0.6 is 0 Å². The van der Waals surface area contributed by atoms with Crippen LogP contribution in [0.1, 0.15) is 84.0 Å². The third-order valence-electron chi connectivity index (χ3n) is 5.22. The topological polar surface area (TPSA) is 73.0 Å². The molecular formula is C18H24N4O2. The Morgan fingerprint density at radius 1 is 1.25 bits per heavy atom. The van der Waals surface area contributed by atoms with E-state index in [2.05, 4.69) is 21.2 Å². The number of hydrogen-bond donors (Lipinski definition) is 1. The van der Waals surface area contributed by atoms with E-state index in [9.17, 15) is 4.79 Å². The van der Waals surface area contributed by atoms with Crippen molar-refractivity contribution >= 4 is 5.91 Å². The molecule has 24 heavy (non-hydrogen) atoms. The lowest BCUT2D eigenvalue weighted by molar-refractivity contribution is 0.0901. The first-order valence-corrected chi connectivity index (χ1v) is 8.94. The Morgan fingerprint density at radius 2 is 2.04 bits per heavy atom. The summed E-state index contributed by atoms with van der Waals surface area (Å²) in [6, 6.07) is 0.500. The molecule has 1 N–H and O–H groups in total. The summed E-state index contributed by atoms with van der Waals surface area (Å²) < 4.78 is 7.59. The van der Waals surface area contributed by atoms with Gasteiger partial charge in [-0.1, -0.05) is 12.8 Å². The smallest absolute Gasteiger partial charge is 0.289 e. The lowest BCUT2D eigenvalue weighted by Gasteiger charge is -2.21. The minimum Gasteiger partial charge on any atom is -0.436 e. The van der Waals surface area contributed by atoms with Crippen molar-refractivity contribution in [3.8, 4) is 0 Å². The Balaban J connectivity index is 1.55. The van der Waals surface area contributed by atoms with Crippen LogP contribution in [0.2, 0.25) is 0 Å². The van der Waals surface area contributed by atoms with Gasteiger partial charge in [0.05, 0.1) is 23.5 Å². The summed E-state index contributed by atoms with van der Waals surface area (Å²) in [6.07, 6.45) is 10.3. The molecule has 2 heterocycles. The highest BCUT2D eigenvalue weighted by Crippen LogP contribution is 2.34. The van der Waals surface area contributed by atoms with Crippen molar-refractivity contribution in [3.05, 3.63) is 34.8 Å². The maximum absolute atomic E-state index is 12.5. The first-order valence-electron chi connectivity index (χ1n) is 8.94. The summed E-state index contributed by atoms with van der Waals surface area (Å²) in [6.45, 7) is 3.55. The molecule has 1 unspecified atom stereocenters. The number of amides is 1. The van der Waals surface area contributed by atoms with Crippen LogP contribution in [0.3, 0.4) is 0 Å². The molecule has 6 heteroatoms. The number of fused-ring (bicyclic) bond motifs is 1. The van der Waals surface area contributed by atoms with Crippen LogP contribution in [0.4, 0.5) is 0 Å². The average molecular weight is 328 g/mol. The van der Waals surface area contributed by atoms with E-state index in [0.29, 0.717) is 23.4 Å². The molecule has 0 spiro atoms. The summed E-state index contributed by atoms with van der Waals surface area (Å²) in [4.78, 5) is 16.7. The minimum atomic E-state index is -0.193. The lowest BCUT2D eigenvalue weighted by Crippen LogP contribution is -2.31. The number of carbonyl (C=O) groups excluding carboxylic acids is 1. The van der Waals surface area contributed by atoms with Gasteiger partial charge in [0.1, 0.15) is 0 Å². The molecule has 2 aromatic rings. The van der Waals surface area contributed by atoms with E-state index in [0.717, 1.165) is 25.0 Å². The fraction of sp³-hybridized carbons (Fsp3) is 0.611. The van der Waals surface area contributed by atoms with Crippen molar-refractivity contribution in [1.82, 2.24) is 20.1 Å². The molecule has 2 aromatic heterocycles. The van der Waals surface area contributed by atoms with Gasteiger partial charge in [-0.3, -0.25) is 9.48 Å². The van der Waals surface area contributed by atoms with Crippen molar-refractivity contribution in [2.75, 3.05) is 0 Å². The number of rotatable bonds is 3. The summed E-state index contributed by atoms with van der Waals surface area (Å²) in [7, 11) is 0. The molecule has 0 bridgehead atoms. The molecule has 2 aliphatic rings. The number of nitrogens with one attached hydrogen (secondary N) is 1. The molecular weight excluding hydrogens is 304 g/mol. The molecule has 6 nitrogen and oxygen atoms in total. The lowest BCUT2D eigenvalue weighted by atomic mass is 9.93. The van der Waals surface area contributed by atoms with E-state index in [1.807, 2.05) is 0 Å². The minimum absolute atomic E-state index is 0.0336. The summed E-state index contributed by atoms with van der Waals surface area (Å²) in [5.41, 5.74) is 2.96. The standard InChI is InChI=1S/C18H24N4O2/c1-11-17(24-12(2)19-11)18(23)20-15-9-5-6-13-10-22(21-16(13)15)14-7-3-4-8-14/h10,14-15H,3-9H2,1-2H3,(H,20,23). The first kappa shape index (κ1) is 15.4. The number of aromatic nitrogens is 3. The molecule has 2 aliphatic carbocycles. The molecule has 1 atom stereocenters. The van der Waals surface area contributed by atoms with Gasteiger partial charge >= 0.3 is 0 Å². The molecule has 1 saturated carbocycles. The zero-order valence-electron chi connectivity index (χ0n) is 14.3. The molecule has 0 saturated heterocycles. The van der Waals surface area contributed by atoms with Crippen molar-refractivity contribution in [2.45, 2.75) is 70.9 Å². The SMILES string of the molecule is Cc1nc(C)c(C(=O)NC2CCCc3cn(C4CCCC4)nc32)o1. The van der Waals surface area contributed by atoms with E-state index in [1.54, 1.807) is 13.8 Å². The average Bonchev–Trinajstić information content (AvgIpc) is 3.26. The summed E-state index contributed by atoms with van der Waals surface area (Å²) >= 11 is 0. The maximum Gasteiger partial charge on any atom is 0.289 e. The maximum atomic E-state index is 12.5. The van der Waals surface area contributed by atoms with Gasteiger partial charge in [0.2, 0.25) is 5.76 Å². The van der Waals surface area contributed by atoms with E-state index in [1.165, 1.54) is 31.2 Å². The first-order chi connectivity index (χ1) is 11.6. The number of oxazole rings is 1. The van der Waals surface area contributed by atoms with Crippen LogP contribution in [-0.4, -0.2) is 20.7 Å². The Labute approximate surface area is 141 Å². The normalized spacial score (nSPS) is 21.0. The zero-order chi connectivity index (χ0) is 16.7. The third kappa shape index (κ3) is 2.74. The third-order valence-corrected chi connectivity index (χ3v) is 5.22. The van der Waals surface area contributed by atoms with Gasteiger partial charge in [0, 0.05) is 13.1 Å². The number of hydrogen-bond acceptors (Lipinski definition) is 4. The van der Waals surface area contributed by atoms with Crippen LogP contribution in [-0.2, 0) is 6.42 Å². The summed E-state index contributed by atoms with van der Waals surface area (Å²) in [5, 5.41) is 7.95. The van der Waals surface area contributed by atoms with Crippen LogP contribution < -0.4 is 5.32 Å². The van der Waals surface area contributed by atoms with Crippen molar-refractivity contribution in [1.29, 1.82) is 0 Å². The van der Waals surface area contributed by atoms with Gasteiger partial charge in [0.15, 0.2) is 5.89 Å². The van der Waals surface area contributed by atoms with Crippen molar-refractivity contribution in [3.63, 3.8) is 0 Å². The molecule has 1 amide bonds. The van der Waals surface area contributed by atoms with Crippen LogP contribution in [0.25, 0.3) is 0 Å². The molecule has 1 fully saturated rings. The predicted octanol–water partition coefficient (Wildman–Crippen LogP) is 3.41. The Morgan fingerprint density at radius 3 is 2.75 bits per heavy atom. The number of aryl methyl sites for hydroxylation is 3. The Hall–Kier alpha value is -2.11. The monoisotopic (exact) mass is 328 g/mol. The predicted molar refractivity (Wildman–Crippen MR) is 88.9 cm³/mol. The van der Waals surface area contributed by atoms with Gasteiger partial charge in [-0.15, -0.1) is 0 Å². The van der Waals surface area contributed by atoms with Crippen molar-refractivity contribution in [2.24, 2.45) is 0 Å². The van der Waals surface area contributed by atoms with Gasteiger partial charge in [-0.2, -0.15) is 5.10 Å². The highest BCUT2D eigenvalue weighted by molar-refractivity contribution is 5.92. The second-order valence-corrected chi connectivity index (χ2v) is 7.02. The number of carbonyl (C=O) groups is 1. The zero-order valence-corrected chi connectivity index (χ0v) is 14.3. The fourth-order valence-corrected chi connectivity index (χ4v) is 4.02. The summed E-state index contributed by atoms with van der Waals surface area (Å²) in [5.74, 6) is 0.642. The molecule has 0 aliphatic heterocycles. The molecule has 4 rings (SSSR count). The highest BCUT2D eigenvalue weighted by Gasteiger charge is 2.29. The number of nitrogens with zero attached hydrogens (tertiary/aromatic N) is 3. The van der Waals surface area contributed by atoms with E-state index < -0.39 is 0 Å². The van der Waals surface area contributed by atoms with Gasteiger partial charge in [-0.25, -0.2) is 4.98 Å². The second kappa shape index (κ2) is 6.07. The largest absolute Gasteiger partial charge is 0.436 e. The Kier molecular flexibility index (Phi) is 3.90. The Bertz CT molecular complexity index is 755. The van der Waals surface area contributed by atoms with Crippen LogP contribution in [0, 0.1) is 13.8 Å². The molecule has 0 radical (unpaired) electrons. The fourth-order valence-electron chi connectivity index (χ4n) is 4.02. The van der Waals surface area contributed by atoms with Gasteiger partial charge in [-0.05, 0) is 44.6 Å². The van der Waals surface area contributed by atoms with Crippen molar-refractivity contribution < 1.29 is 9.21 Å². The van der Waals surface area contributed by atoms with E-state index >= 15 is 0 Å². The van der Waals surface area contributed by atoms with Crippen LogP contribution in [0.15, 0.2) is 10.6 Å². The van der Waals surface area contributed by atoms with E-state index in [4.69, 9.17) is 9.52 Å². The van der Waals surface area contributed by atoms with Gasteiger partial charge < -0.3 is 9.73 Å². The molecule has 128 valence electrons. The molecule has 0 aromatic carbocycles. The quantitative estimate of drug-likeness (QED) is 0.937. The second-order valence-electron chi connectivity index (χ2n) is 7.02. The highest BCUT2D eigenvalue weighted by atomic mass is 16.4.